The molecule has 11 heteroatoms. The Morgan fingerprint density at radius 1 is 0.780 bits per heavy atom. The molecule has 4 atom stereocenters. The van der Waals surface area contributed by atoms with E-state index in [1.54, 1.807) is 12.1 Å². The number of benzene rings is 4. The first-order chi connectivity index (χ1) is 23.9. The second-order valence-electron chi connectivity index (χ2n) is 13.2. The summed E-state index contributed by atoms with van der Waals surface area (Å²) in [5.41, 5.74) is 1.49. The van der Waals surface area contributed by atoms with Crippen molar-refractivity contribution in [2.24, 2.45) is 5.41 Å². The largest absolute Gasteiger partial charge is 0.493 e. The molecule has 266 valence electrons. The Morgan fingerprint density at radius 3 is 2.00 bits per heavy atom. The minimum atomic E-state index is -1.58. The number of fused-ring (bicyclic) bond motifs is 1. The maximum absolute atomic E-state index is 14.0. The number of carboxylic acids is 1. The summed E-state index contributed by atoms with van der Waals surface area (Å²) in [6.45, 7) is 5.51. The molecule has 1 unspecified atom stereocenters. The molecule has 0 heterocycles. The summed E-state index contributed by atoms with van der Waals surface area (Å²) in [6, 6.07) is 22.5. The topological polar surface area (TPSA) is 155 Å². The molecule has 0 bridgehead atoms. The Balaban J connectivity index is 1.57. The lowest BCUT2D eigenvalue weighted by Gasteiger charge is -2.34. The lowest BCUT2D eigenvalue weighted by Crippen LogP contribution is -2.61. The van der Waals surface area contributed by atoms with Crippen LogP contribution in [-0.4, -0.2) is 73.6 Å². The predicted octanol–water partition coefficient (Wildman–Crippen LogP) is 4.27. The minimum Gasteiger partial charge on any atom is -0.493 e. The molecule has 0 saturated carbocycles. The van der Waals surface area contributed by atoms with Crippen LogP contribution < -0.4 is 30.2 Å². The number of hydrogen-bond acceptors (Lipinski definition) is 8. The fourth-order valence-corrected chi connectivity index (χ4v) is 5.95. The fourth-order valence-electron chi connectivity index (χ4n) is 5.95. The van der Waals surface area contributed by atoms with Crippen molar-refractivity contribution in [2.75, 3.05) is 21.3 Å². The van der Waals surface area contributed by atoms with Crippen molar-refractivity contribution in [1.82, 2.24) is 16.0 Å². The summed E-state index contributed by atoms with van der Waals surface area (Å²) < 4.78 is 16.2. The third-order valence-electron chi connectivity index (χ3n) is 8.56. The van der Waals surface area contributed by atoms with Crippen LogP contribution in [0.3, 0.4) is 0 Å². The number of aliphatic hydroxyl groups is 1. The van der Waals surface area contributed by atoms with Crippen LogP contribution in [-0.2, 0) is 33.8 Å². The number of carboxylic acid groups (broad SMARTS) is 1. The molecule has 0 aliphatic rings. The zero-order chi connectivity index (χ0) is 36.4. The molecule has 0 aromatic heterocycles. The number of aliphatic carboxylic acids is 1. The van der Waals surface area contributed by atoms with Crippen molar-refractivity contribution in [3.63, 3.8) is 0 Å². The second-order valence-corrected chi connectivity index (χ2v) is 13.2. The molecule has 0 aliphatic heterocycles. The number of carbonyl (C=O) groups excluding carboxylic acids is 2. The molecular formula is C39H47N3O8. The molecule has 50 heavy (non-hydrogen) atoms. The highest BCUT2D eigenvalue weighted by Crippen LogP contribution is 2.38. The van der Waals surface area contributed by atoms with E-state index in [2.05, 4.69) is 16.0 Å². The van der Waals surface area contributed by atoms with Crippen LogP contribution in [0.5, 0.6) is 17.2 Å². The number of carbonyl (C=O) groups is 3. The van der Waals surface area contributed by atoms with Gasteiger partial charge in [-0.2, -0.15) is 0 Å². The molecule has 0 spiro atoms. The Hall–Kier alpha value is -5.13. The maximum atomic E-state index is 14.0. The van der Waals surface area contributed by atoms with E-state index >= 15 is 0 Å². The number of aliphatic hydroxyl groups excluding tert-OH is 1. The first-order valence-corrected chi connectivity index (χ1v) is 16.4. The number of rotatable bonds is 16. The summed E-state index contributed by atoms with van der Waals surface area (Å²) in [5.74, 6) is -1.03. The number of nitrogens with one attached hydrogen (secondary N) is 3. The highest BCUT2D eigenvalue weighted by Gasteiger charge is 2.38. The van der Waals surface area contributed by atoms with E-state index in [1.807, 2.05) is 93.6 Å². The molecule has 4 aromatic carbocycles. The van der Waals surface area contributed by atoms with Gasteiger partial charge in [-0.1, -0.05) is 93.6 Å². The molecule has 2 amide bonds. The van der Waals surface area contributed by atoms with Gasteiger partial charge in [0.25, 0.3) is 0 Å². The van der Waals surface area contributed by atoms with Gasteiger partial charge in [-0.25, -0.2) is 0 Å². The lowest BCUT2D eigenvalue weighted by molar-refractivity contribution is -0.144. The van der Waals surface area contributed by atoms with Gasteiger partial charge in [0.2, 0.25) is 17.6 Å². The highest BCUT2D eigenvalue weighted by molar-refractivity contribution is 5.93. The van der Waals surface area contributed by atoms with E-state index in [0.717, 1.165) is 21.9 Å². The number of ether oxygens (including phenoxy) is 3. The van der Waals surface area contributed by atoms with Crippen LogP contribution in [0.25, 0.3) is 10.8 Å². The average Bonchev–Trinajstić information content (AvgIpc) is 3.09. The van der Waals surface area contributed by atoms with Crippen LogP contribution in [0.15, 0.2) is 84.9 Å². The summed E-state index contributed by atoms with van der Waals surface area (Å²) in [6.07, 6.45) is -1.39. The van der Waals surface area contributed by atoms with Crippen LogP contribution in [0, 0.1) is 5.41 Å². The first-order valence-electron chi connectivity index (χ1n) is 16.4. The Bertz CT molecular complexity index is 1740. The summed E-state index contributed by atoms with van der Waals surface area (Å²) in [5, 5.41) is 32.6. The highest BCUT2D eigenvalue weighted by atomic mass is 16.5. The quantitative estimate of drug-likeness (QED) is 0.116. The third-order valence-corrected chi connectivity index (χ3v) is 8.56. The molecule has 5 N–H and O–H groups in total. The minimum absolute atomic E-state index is 0.0194. The van der Waals surface area contributed by atoms with Crippen molar-refractivity contribution < 1.29 is 38.8 Å². The van der Waals surface area contributed by atoms with E-state index in [1.165, 1.54) is 21.3 Å². The van der Waals surface area contributed by atoms with Gasteiger partial charge in [0.1, 0.15) is 18.2 Å². The smallest absolute Gasteiger partial charge is 0.323 e. The Labute approximate surface area is 292 Å². The summed E-state index contributed by atoms with van der Waals surface area (Å²) in [4.78, 5) is 40.0. The van der Waals surface area contributed by atoms with E-state index in [0.29, 0.717) is 22.8 Å². The zero-order valence-corrected chi connectivity index (χ0v) is 29.4. The normalized spacial score (nSPS) is 13.8. The number of amides is 2. The molecule has 4 rings (SSSR count). The monoisotopic (exact) mass is 685 g/mol. The van der Waals surface area contributed by atoms with Crippen LogP contribution in [0.2, 0.25) is 0 Å². The summed E-state index contributed by atoms with van der Waals surface area (Å²) >= 11 is 0. The Morgan fingerprint density at radius 2 is 1.40 bits per heavy atom. The second kappa shape index (κ2) is 17.0. The number of hydrogen-bond donors (Lipinski definition) is 5. The first kappa shape index (κ1) is 37.7. The predicted molar refractivity (Wildman–Crippen MR) is 191 cm³/mol. The average molecular weight is 686 g/mol. The molecule has 0 saturated heterocycles. The van der Waals surface area contributed by atoms with E-state index in [9.17, 15) is 24.6 Å². The lowest BCUT2D eigenvalue weighted by atomic mass is 9.85. The van der Waals surface area contributed by atoms with Gasteiger partial charge in [-0.15, -0.1) is 0 Å². The molecule has 4 aromatic rings. The van der Waals surface area contributed by atoms with Gasteiger partial charge in [0.05, 0.1) is 33.8 Å². The van der Waals surface area contributed by atoms with Crippen molar-refractivity contribution in [3.05, 3.63) is 102 Å². The van der Waals surface area contributed by atoms with Crippen molar-refractivity contribution >= 4 is 28.6 Å². The molecular weight excluding hydrogens is 638 g/mol. The zero-order valence-electron chi connectivity index (χ0n) is 29.4. The van der Waals surface area contributed by atoms with Crippen LogP contribution in [0.4, 0.5) is 0 Å². The summed E-state index contributed by atoms with van der Waals surface area (Å²) in [7, 11) is 4.44. The SMILES string of the molecule is COc1cc(CN[C@@H](C(=O)O)[C@H](O)[C@H](Cc2ccccc2)NC(=O)C(NC(=O)Cc2cccc3ccccc23)C(C)(C)C)cc(OC)c1OC. The molecule has 11 nitrogen and oxygen atoms in total. The van der Waals surface area contributed by atoms with Crippen molar-refractivity contribution in [1.29, 1.82) is 0 Å². The van der Waals surface area contributed by atoms with E-state index in [-0.39, 0.29) is 25.3 Å². The van der Waals surface area contributed by atoms with Gasteiger partial charge in [-0.05, 0) is 51.4 Å². The molecule has 0 aliphatic carbocycles. The van der Waals surface area contributed by atoms with Gasteiger partial charge in [-0.3, -0.25) is 19.7 Å². The maximum Gasteiger partial charge on any atom is 0.323 e. The molecule has 0 radical (unpaired) electrons. The fraction of sp³-hybridized carbons (Fsp3) is 0.359. The van der Waals surface area contributed by atoms with Gasteiger partial charge >= 0.3 is 5.97 Å². The van der Waals surface area contributed by atoms with E-state index in [4.69, 9.17) is 14.2 Å². The standard InChI is InChI=1S/C39H47N3O8/c1-39(2,3)36(42-32(43)22-27-17-12-16-26-15-10-11-18-28(26)27)37(45)41-29(19-24-13-8-7-9-14-24)34(44)33(38(46)47)40-23-25-20-30(48-4)35(50-6)31(21-25)49-5/h7-18,20-21,29,33-34,36,40,44H,19,22-23H2,1-6H3,(H,41,45)(H,42,43)(H,46,47)/t29-,33+,34+,36?/m0/s1. The van der Waals surface area contributed by atoms with Gasteiger partial charge in [0.15, 0.2) is 11.5 Å². The van der Waals surface area contributed by atoms with Crippen LogP contribution >= 0.6 is 0 Å². The van der Waals surface area contributed by atoms with E-state index < -0.39 is 41.5 Å². The van der Waals surface area contributed by atoms with Gasteiger partial charge in [0, 0.05) is 6.54 Å². The van der Waals surface area contributed by atoms with Crippen molar-refractivity contribution in [2.45, 2.75) is 64.4 Å². The van der Waals surface area contributed by atoms with Gasteiger partial charge < -0.3 is 35.1 Å². The third kappa shape index (κ3) is 9.52. The molecule has 0 fully saturated rings. The Kier molecular flexibility index (Phi) is 12.8. The number of methoxy groups -OCH3 is 3. The van der Waals surface area contributed by atoms with Crippen LogP contribution in [0.1, 0.15) is 37.5 Å². The van der Waals surface area contributed by atoms with Crippen molar-refractivity contribution in [3.8, 4) is 17.2 Å².